The van der Waals surface area contributed by atoms with Gasteiger partial charge in [-0.05, 0) is 77.6 Å². The summed E-state index contributed by atoms with van der Waals surface area (Å²) in [7, 11) is 0. The smallest absolute Gasteiger partial charge is 0.220 e. The van der Waals surface area contributed by atoms with Crippen LogP contribution in [0.15, 0.2) is 72.9 Å². The number of allylic oxidation sites excluding steroid dienone is 11. The Morgan fingerprint density at radius 2 is 0.985 bits per heavy atom. The van der Waals surface area contributed by atoms with Gasteiger partial charge in [0.1, 0.15) is 24.4 Å². The second-order valence-corrected chi connectivity index (χ2v) is 18.3. The molecule has 0 radical (unpaired) electrons. The van der Waals surface area contributed by atoms with E-state index in [2.05, 4.69) is 66.9 Å². The largest absolute Gasteiger partial charge is 0.394 e. The predicted molar refractivity (Wildman–Crippen MR) is 272 cm³/mol. The maximum atomic E-state index is 13.0. The lowest BCUT2D eigenvalue weighted by molar-refractivity contribution is -0.302. The van der Waals surface area contributed by atoms with E-state index in [1.54, 1.807) is 6.08 Å². The molecule has 1 fully saturated rings. The lowest BCUT2D eigenvalue weighted by Crippen LogP contribution is -2.60. The normalized spacial score (nSPS) is 20.5. The van der Waals surface area contributed by atoms with Crippen LogP contribution in [-0.4, -0.2) is 87.5 Å². The molecule has 0 aliphatic carbocycles. The van der Waals surface area contributed by atoms with E-state index in [-0.39, 0.29) is 12.5 Å². The molecular formula is C56H99NO8. The molecule has 376 valence electrons. The van der Waals surface area contributed by atoms with Crippen LogP contribution >= 0.6 is 0 Å². The summed E-state index contributed by atoms with van der Waals surface area (Å²) in [6, 6.07) is -0.827. The fourth-order valence-corrected chi connectivity index (χ4v) is 8.08. The van der Waals surface area contributed by atoms with Crippen LogP contribution in [0.4, 0.5) is 0 Å². The Hall–Kier alpha value is -2.37. The van der Waals surface area contributed by atoms with Crippen molar-refractivity contribution in [3.63, 3.8) is 0 Å². The SMILES string of the molecule is C/C=C/CC/C=C/CC/C=C/C(O)C(COC1OC(CO)C(O)C(O)C1O)NC(=O)CCCCCCCCCCCCCCCCCCCC/C=C\C/C=C\C/C=C\CCCCCCC. The Balaban J connectivity index is 2.09. The van der Waals surface area contributed by atoms with E-state index in [1.807, 2.05) is 19.1 Å². The zero-order chi connectivity index (χ0) is 47.3. The Bertz CT molecular complexity index is 1240. The lowest BCUT2D eigenvalue weighted by Gasteiger charge is -2.40. The Kier molecular flexibility index (Phi) is 42.4. The van der Waals surface area contributed by atoms with Gasteiger partial charge in [0.25, 0.3) is 0 Å². The molecule has 7 unspecified atom stereocenters. The van der Waals surface area contributed by atoms with Crippen molar-refractivity contribution in [2.24, 2.45) is 0 Å². The van der Waals surface area contributed by atoms with E-state index in [4.69, 9.17) is 9.47 Å². The first kappa shape index (κ1) is 60.6. The number of hydrogen-bond acceptors (Lipinski definition) is 8. The highest BCUT2D eigenvalue weighted by Gasteiger charge is 2.44. The molecule has 1 aliphatic heterocycles. The van der Waals surface area contributed by atoms with E-state index in [1.165, 1.54) is 141 Å². The van der Waals surface area contributed by atoms with Gasteiger partial charge in [-0.3, -0.25) is 4.79 Å². The topological polar surface area (TPSA) is 149 Å². The van der Waals surface area contributed by atoms with Crippen molar-refractivity contribution in [3.8, 4) is 0 Å². The molecule has 0 aromatic carbocycles. The van der Waals surface area contributed by atoms with Gasteiger partial charge in [0.15, 0.2) is 6.29 Å². The van der Waals surface area contributed by atoms with Crippen molar-refractivity contribution in [2.45, 2.75) is 262 Å². The first-order valence-electron chi connectivity index (χ1n) is 26.6. The van der Waals surface area contributed by atoms with Crippen molar-refractivity contribution in [1.82, 2.24) is 5.32 Å². The zero-order valence-corrected chi connectivity index (χ0v) is 41.5. The number of carbonyl (C=O) groups is 1. The Labute approximate surface area is 398 Å². The third-order valence-electron chi connectivity index (χ3n) is 12.3. The van der Waals surface area contributed by atoms with Gasteiger partial charge in [-0.2, -0.15) is 0 Å². The minimum Gasteiger partial charge on any atom is -0.394 e. The number of nitrogens with one attached hydrogen (secondary N) is 1. The van der Waals surface area contributed by atoms with E-state index in [0.717, 1.165) is 57.8 Å². The average Bonchev–Trinajstić information content (AvgIpc) is 3.31. The average molecular weight is 914 g/mol. The van der Waals surface area contributed by atoms with Gasteiger partial charge in [0.05, 0.1) is 25.4 Å². The highest BCUT2D eigenvalue weighted by molar-refractivity contribution is 5.76. The van der Waals surface area contributed by atoms with Crippen molar-refractivity contribution in [3.05, 3.63) is 72.9 Å². The highest BCUT2D eigenvalue weighted by Crippen LogP contribution is 2.23. The maximum absolute atomic E-state index is 13.0. The fraction of sp³-hybridized carbons (Fsp3) is 0.768. The van der Waals surface area contributed by atoms with E-state index in [0.29, 0.717) is 6.42 Å². The van der Waals surface area contributed by atoms with Crippen LogP contribution in [0.25, 0.3) is 0 Å². The number of unbranched alkanes of at least 4 members (excludes halogenated alkanes) is 25. The summed E-state index contributed by atoms with van der Waals surface area (Å²) in [6.45, 7) is 3.50. The van der Waals surface area contributed by atoms with E-state index < -0.39 is 49.5 Å². The number of amides is 1. The predicted octanol–water partition coefficient (Wildman–Crippen LogP) is 12.5. The van der Waals surface area contributed by atoms with Gasteiger partial charge >= 0.3 is 0 Å². The summed E-state index contributed by atoms with van der Waals surface area (Å²) in [5, 5.41) is 54.1. The maximum Gasteiger partial charge on any atom is 0.220 e. The quantitative estimate of drug-likeness (QED) is 0.0261. The monoisotopic (exact) mass is 914 g/mol. The van der Waals surface area contributed by atoms with Crippen LogP contribution in [0, 0.1) is 0 Å². The number of aliphatic hydroxyl groups excluding tert-OH is 5. The molecule has 1 rings (SSSR count). The summed E-state index contributed by atoms with van der Waals surface area (Å²) in [4.78, 5) is 13.0. The molecule has 7 atom stereocenters. The van der Waals surface area contributed by atoms with Crippen LogP contribution in [0.2, 0.25) is 0 Å². The van der Waals surface area contributed by atoms with Crippen molar-refractivity contribution in [1.29, 1.82) is 0 Å². The van der Waals surface area contributed by atoms with E-state index in [9.17, 15) is 30.3 Å². The number of rotatable bonds is 44. The molecule has 0 saturated carbocycles. The molecule has 9 nitrogen and oxygen atoms in total. The third kappa shape index (κ3) is 35.4. The Morgan fingerprint density at radius 1 is 0.554 bits per heavy atom. The second-order valence-electron chi connectivity index (χ2n) is 18.3. The Morgan fingerprint density at radius 3 is 1.48 bits per heavy atom. The van der Waals surface area contributed by atoms with Crippen LogP contribution in [0.3, 0.4) is 0 Å². The minimum absolute atomic E-state index is 0.195. The molecule has 0 spiro atoms. The summed E-state index contributed by atoms with van der Waals surface area (Å²) >= 11 is 0. The van der Waals surface area contributed by atoms with Gasteiger partial charge in [-0.25, -0.2) is 0 Å². The third-order valence-corrected chi connectivity index (χ3v) is 12.3. The second kappa shape index (κ2) is 45.4. The number of carbonyl (C=O) groups excluding carboxylic acids is 1. The number of hydrogen-bond donors (Lipinski definition) is 6. The minimum atomic E-state index is -1.57. The molecule has 0 aromatic rings. The number of ether oxygens (including phenoxy) is 2. The fourth-order valence-electron chi connectivity index (χ4n) is 8.08. The van der Waals surface area contributed by atoms with Gasteiger partial charge in [0.2, 0.25) is 5.91 Å². The van der Waals surface area contributed by atoms with Crippen molar-refractivity contribution >= 4 is 5.91 Å². The van der Waals surface area contributed by atoms with Crippen LogP contribution in [0.5, 0.6) is 0 Å². The molecule has 1 amide bonds. The molecule has 9 heteroatoms. The van der Waals surface area contributed by atoms with E-state index >= 15 is 0 Å². The molecule has 0 aromatic heterocycles. The molecule has 0 bridgehead atoms. The molecule has 65 heavy (non-hydrogen) atoms. The molecular weight excluding hydrogens is 815 g/mol. The van der Waals surface area contributed by atoms with Gasteiger partial charge in [-0.1, -0.05) is 208 Å². The van der Waals surface area contributed by atoms with Gasteiger partial charge in [0, 0.05) is 6.42 Å². The standard InChI is InChI=1S/C56H99NO8/c1-3-5-7-9-11-13-14-15-16-17-18-19-20-21-22-23-24-25-26-27-28-29-30-31-32-33-34-35-36-38-40-42-44-46-52(60)57-49(50(59)45-43-41-39-37-12-10-8-6-4-2)48-64-56-55(63)54(62)53(61)51(47-58)65-56/h4,6,12,14-15,17-18,20-21,37,43,45,49-51,53-56,58-59,61-63H,3,5,7-11,13,16,19,22-36,38-42,44,46-48H2,1-2H3,(H,57,60)/b6-4+,15-14-,18-17-,21-20-,37-12+,45-43+. The zero-order valence-electron chi connectivity index (χ0n) is 41.5. The van der Waals surface area contributed by atoms with Gasteiger partial charge < -0.3 is 40.3 Å². The molecule has 1 saturated heterocycles. The first-order chi connectivity index (χ1) is 31.8. The van der Waals surface area contributed by atoms with Crippen molar-refractivity contribution in [2.75, 3.05) is 13.2 Å². The number of aliphatic hydroxyl groups is 5. The highest BCUT2D eigenvalue weighted by atomic mass is 16.7. The van der Waals surface area contributed by atoms with Crippen LogP contribution in [0.1, 0.15) is 219 Å². The van der Waals surface area contributed by atoms with Crippen LogP contribution < -0.4 is 5.32 Å². The van der Waals surface area contributed by atoms with Crippen molar-refractivity contribution < 1.29 is 39.8 Å². The summed E-state index contributed by atoms with van der Waals surface area (Å²) in [6.07, 6.45) is 55.8. The summed E-state index contributed by atoms with van der Waals surface area (Å²) < 4.78 is 11.2. The summed E-state index contributed by atoms with van der Waals surface area (Å²) in [5.41, 5.74) is 0. The molecule has 1 aliphatic rings. The summed E-state index contributed by atoms with van der Waals surface area (Å²) in [5.74, 6) is -0.195. The molecule has 1 heterocycles. The lowest BCUT2D eigenvalue weighted by atomic mass is 9.99. The van der Waals surface area contributed by atoms with Gasteiger partial charge in [-0.15, -0.1) is 0 Å². The van der Waals surface area contributed by atoms with Crippen LogP contribution in [-0.2, 0) is 14.3 Å². The first-order valence-corrected chi connectivity index (χ1v) is 26.6. The molecule has 6 N–H and O–H groups in total.